The van der Waals surface area contributed by atoms with Gasteiger partial charge >= 0.3 is 0 Å². The number of hydrogen-bond donors (Lipinski definition) is 2. The molecule has 0 fully saturated rings. The zero-order valence-corrected chi connectivity index (χ0v) is 14.1. The molecule has 0 radical (unpaired) electrons. The summed E-state index contributed by atoms with van der Waals surface area (Å²) in [5.74, 6) is 3.33. The number of nitrogens with zero attached hydrogens (tertiary/aromatic N) is 3. The lowest BCUT2D eigenvalue weighted by molar-refractivity contribution is 0.174. The summed E-state index contributed by atoms with van der Waals surface area (Å²) < 4.78 is 15.8. The van der Waals surface area contributed by atoms with Crippen molar-refractivity contribution in [3.63, 3.8) is 0 Å². The first kappa shape index (κ1) is 15.9. The Morgan fingerprint density at radius 3 is 2.77 bits per heavy atom. The van der Waals surface area contributed by atoms with Crippen LogP contribution >= 0.6 is 0 Å². The van der Waals surface area contributed by atoms with Crippen molar-refractivity contribution in [2.75, 3.05) is 24.5 Å². The highest BCUT2D eigenvalue weighted by atomic mass is 16.7. The summed E-state index contributed by atoms with van der Waals surface area (Å²) in [4.78, 5) is 4.42. The van der Waals surface area contributed by atoms with Crippen LogP contribution in [0.25, 0.3) is 0 Å². The van der Waals surface area contributed by atoms with Gasteiger partial charge in [-0.15, -0.1) is 5.10 Å². The topological polar surface area (TPSA) is 90.4 Å². The van der Waals surface area contributed by atoms with Crippen LogP contribution in [0.3, 0.4) is 0 Å². The van der Waals surface area contributed by atoms with Gasteiger partial charge in [0, 0.05) is 12.2 Å². The Hall–Kier alpha value is -3.55. The minimum absolute atomic E-state index is 0.262. The Morgan fingerprint density at radius 1 is 1.08 bits per heavy atom. The van der Waals surface area contributed by atoms with E-state index in [1.54, 1.807) is 13.3 Å². The second kappa shape index (κ2) is 7.14. The van der Waals surface area contributed by atoms with Gasteiger partial charge in [-0.05, 0) is 42.0 Å². The van der Waals surface area contributed by atoms with Crippen LogP contribution < -0.4 is 24.8 Å². The smallest absolute Gasteiger partial charge is 0.244 e. The molecule has 8 heteroatoms. The molecule has 0 saturated heterocycles. The zero-order valence-electron chi connectivity index (χ0n) is 14.1. The van der Waals surface area contributed by atoms with E-state index in [1.807, 2.05) is 42.5 Å². The summed E-state index contributed by atoms with van der Waals surface area (Å²) in [7, 11) is 1.63. The molecular formula is C18H17N5O3. The number of aromatic nitrogens is 3. The van der Waals surface area contributed by atoms with E-state index < -0.39 is 0 Å². The van der Waals surface area contributed by atoms with Crippen molar-refractivity contribution >= 4 is 17.5 Å². The van der Waals surface area contributed by atoms with Gasteiger partial charge in [-0.1, -0.05) is 6.07 Å². The fraction of sp³-hybridized carbons (Fsp3) is 0.167. The molecule has 8 nitrogen and oxygen atoms in total. The number of fused-ring (bicyclic) bond motifs is 1. The maximum atomic E-state index is 5.38. The van der Waals surface area contributed by atoms with E-state index in [1.165, 1.54) is 0 Å². The van der Waals surface area contributed by atoms with Gasteiger partial charge in [0.25, 0.3) is 0 Å². The molecule has 0 aliphatic carbocycles. The average Bonchev–Trinajstić information content (AvgIpc) is 3.15. The summed E-state index contributed by atoms with van der Waals surface area (Å²) in [6.07, 6.45) is 1.57. The van der Waals surface area contributed by atoms with Gasteiger partial charge in [0.1, 0.15) is 5.75 Å². The van der Waals surface area contributed by atoms with E-state index in [-0.39, 0.29) is 6.79 Å². The van der Waals surface area contributed by atoms with Crippen molar-refractivity contribution in [3.8, 4) is 17.2 Å². The molecule has 26 heavy (non-hydrogen) atoms. The van der Waals surface area contributed by atoms with Crippen LogP contribution in [0, 0.1) is 0 Å². The molecule has 3 aromatic rings. The highest BCUT2D eigenvalue weighted by Crippen LogP contribution is 2.32. The normalized spacial score (nSPS) is 11.9. The molecule has 132 valence electrons. The van der Waals surface area contributed by atoms with E-state index in [4.69, 9.17) is 14.2 Å². The fourth-order valence-electron chi connectivity index (χ4n) is 2.49. The number of anilines is 3. The minimum atomic E-state index is 0.262. The minimum Gasteiger partial charge on any atom is -0.497 e. The number of rotatable bonds is 6. The van der Waals surface area contributed by atoms with E-state index in [2.05, 4.69) is 25.8 Å². The first-order valence-corrected chi connectivity index (χ1v) is 8.03. The third-order valence-electron chi connectivity index (χ3n) is 3.81. The van der Waals surface area contributed by atoms with Gasteiger partial charge in [-0.2, -0.15) is 10.1 Å². The largest absolute Gasteiger partial charge is 0.497 e. The van der Waals surface area contributed by atoms with Crippen LogP contribution in [0.1, 0.15) is 5.56 Å². The Labute approximate surface area is 150 Å². The van der Waals surface area contributed by atoms with Gasteiger partial charge in [0.15, 0.2) is 17.3 Å². The molecule has 0 atom stereocenters. The number of hydrogen-bond acceptors (Lipinski definition) is 8. The second-order valence-electron chi connectivity index (χ2n) is 5.56. The fourth-order valence-corrected chi connectivity index (χ4v) is 2.49. The highest BCUT2D eigenvalue weighted by Gasteiger charge is 2.13. The van der Waals surface area contributed by atoms with Crippen LogP contribution in [0.15, 0.2) is 48.7 Å². The Morgan fingerprint density at radius 2 is 1.92 bits per heavy atom. The van der Waals surface area contributed by atoms with Gasteiger partial charge < -0.3 is 24.8 Å². The van der Waals surface area contributed by atoms with Gasteiger partial charge in [0.05, 0.1) is 13.3 Å². The van der Waals surface area contributed by atoms with Gasteiger partial charge in [-0.25, -0.2) is 0 Å². The van der Waals surface area contributed by atoms with Crippen LogP contribution in [0.4, 0.5) is 17.5 Å². The molecule has 2 aromatic carbocycles. The standard InChI is InChI=1S/C18H17N5O3/c1-24-14-5-3-13(4-6-14)21-17-10-20-23-18(22-17)19-9-12-2-7-15-16(8-12)26-11-25-15/h2-8,10H,9,11H2,1H3,(H2,19,21,22,23). The maximum Gasteiger partial charge on any atom is 0.244 e. The van der Waals surface area contributed by atoms with Crippen molar-refractivity contribution < 1.29 is 14.2 Å². The first-order chi connectivity index (χ1) is 12.8. The van der Waals surface area contributed by atoms with Crippen molar-refractivity contribution in [1.29, 1.82) is 0 Å². The van der Waals surface area contributed by atoms with E-state index in [0.717, 1.165) is 28.5 Å². The number of methoxy groups -OCH3 is 1. The molecule has 0 saturated carbocycles. The molecule has 2 heterocycles. The van der Waals surface area contributed by atoms with E-state index >= 15 is 0 Å². The van der Waals surface area contributed by atoms with E-state index in [9.17, 15) is 0 Å². The molecule has 0 unspecified atom stereocenters. The Kier molecular flexibility index (Phi) is 4.38. The number of ether oxygens (including phenoxy) is 3. The summed E-state index contributed by atoms with van der Waals surface area (Å²) in [6.45, 7) is 0.808. The SMILES string of the molecule is COc1ccc(Nc2cnnc(NCc3ccc4c(c3)OCO4)n2)cc1. The monoisotopic (exact) mass is 351 g/mol. The predicted octanol–water partition coefficient (Wildman–Crippen LogP) is 2.96. The summed E-state index contributed by atoms with van der Waals surface area (Å²) >= 11 is 0. The van der Waals surface area contributed by atoms with Crippen molar-refractivity contribution in [3.05, 3.63) is 54.2 Å². The average molecular weight is 351 g/mol. The molecular weight excluding hydrogens is 334 g/mol. The van der Waals surface area contributed by atoms with Gasteiger partial charge in [-0.3, -0.25) is 0 Å². The zero-order chi connectivity index (χ0) is 17.8. The van der Waals surface area contributed by atoms with Gasteiger partial charge in [0.2, 0.25) is 12.7 Å². The number of nitrogens with one attached hydrogen (secondary N) is 2. The van der Waals surface area contributed by atoms with Crippen LogP contribution in [-0.2, 0) is 6.54 Å². The maximum absolute atomic E-state index is 5.38. The van der Waals surface area contributed by atoms with Crippen molar-refractivity contribution in [2.45, 2.75) is 6.54 Å². The Bertz CT molecular complexity index is 902. The second-order valence-corrected chi connectivity index (χ2v) is 5.56. The van der Waals surface area contributed by atoms with Crippen LogP contribution in [0.2, 0.25) is 0 Å². The first-order valence-electron chi connectivity index (χ1n) is 8.03. The lowest BCUT2D eigenvalue weighted by atomic mass is 10.2. The Balaban J connectivity index is 1.40. The highest BCUT2D eigenvalue weighted by molar-refractivity contribution is 5.57. The van der Waals surface area contributed by atoms with Crippen LogP contribution in [-0.4, -0.2) is 29.1 Å². The lowest BCUT2D eigenvalue weighted by Gasteiger charge is -2.08. The molecule has 1 aromatic heterocycles. The molecule has 0 bridgehead atoms. The third-order valence-corrected chi connectivity index (χ3v) is 3.81. The molecule has 1 aliphatic rings. The van der Waals surface area contributed by atoms with Crippen molar-refractivity contribution in [1.82, 2.24) is 15.2 Å². The summed E-state index contributed by atoms with van der Waals surface area (Å²) in [5.41, 5.74) is 1.92. The summed E-state index contributed by atoms with van der Waals surface area (Å²) in [5, 5.41) is 14.3. The van der Waals surface area contributed by atoms with E-state index in [0.29, 0.717) is 18.3 Å². The molecule has 0 amide bonds. The third kappa shape index (κ3) is 3.59. The predicted molar refractivity (Wildman–Crippen MR) is 96.0 cm³/mol. The molecule has 1 aliphatic heterocycles. The molecule has 2 N–H and O–H groups in total. The quantitative estimate of drug-likeness (QED) is 0.700. The molecule has 4 rings (SSSR count). The van der Waals surface area contributed by atoms with Crippen molar-refractivity contribution in [2.24, 2.45) is 0 Å². The lowest BCUT2D eigenvalue weighted by Crippen LogP contribution is -2.06. The summed E-state index contributed by atoms with van der Waals surface area (Å²) in [6, 6.07) is 13.3. The molecule has 0 spiro atoms. The van der Waals surface area contributed by atoms with Crippen LogP contribution in [0.5, 0.6) is 17.2 Å². The number of benzene rings is 2.